The zero-order valence-electron chi connectivity index (χ0n) is 10.5. The Bertz CT molecular complexity index is 298. The number of aliphatic hydroxyl groups excluding tert-OH is 2. The summed E-state index contributed by atoms with van der Waals surface area (Å²) in [4.78, 5) is 0. The molecule has 0 radical (unpaired) electrons. The van der Waals surface area contributed by atoms with Gasteiger partial charge in [-0.3, -0.25) is 0 Å². The molecular weight excluding hydrogens is 246 g/mol. The van der Waals surface area contributed by atoms with Gasteiger partial charge in [0.2, 0.25) is 0 Å². The number of unbranched alkanes of at least 4 members (excludes halogenated alkanes) is 1. The van der Waals surface area contributed by atoms with Crippen molar-refractivity contribution in [3.63, 3.8) is 0 Å². The number of quaternary nitrogens is 1. The van der Waals surface area contributed by atoms with E-state index >= 15 is 0 Å². The van der Waals surface area contributed by atoms with Crippen molar-refractivity contribution in [2.45, 2.75) is 32.1 Å². The maximum Gasteiger partial charge on any atom is 0.176 e. The molecule has 7 heteroatoms. The van der Waals surface area contributed by atoms with Gasteiger partial charge in [-0.1, -0.05) is 13.3 Å². The van der Waals surface area contributed by atoms with Gasteiger partial charge >= 0.3 is 0 Å². The first-order valence-electron chi connectivity index (χ1n) is 5.86. The van der Waals surface area contributed by atoms with Gasteiger partial charge in [0.15, 0.2) is 5.37 Å². The van der Waals surface area contributed by atoms with Crippen molar-refractivity contribution in [1.82, 2.24) is 0 Å². The van der Waals surface area contributed by atoms with Crippen LogP contribution in [-0.4, -0.2) is 65.9 Å². The summed E-state index contributed by atoms with van der Waals surface area (Å²) in [5, 5.41) is 17.0. The van der Waals surface area contributed by atoms with Crippen molar-refractivity contribution >= 4 is 10.1 Å². The summed E-state index contributed by atoms with van der Waals surface area (Å²) >= 11 is 0. The van der Waals surface area contributed by atoms with Crippen LogP contribution in [0.3, 0.4) is 0 Å². The molecule has 0 bridgehead atoms. The van der Waals surface area contributed by atoms with Crippen molar-refractivity contribution in [2.24, 2.45) is 0 Å². The summed E-state index contributed by atoms with van der Waals surface area (Å²) in [6.07, 6.45) is 1.61. The van der Waals surface area contributed by atoms with Gasteiger partial charge in [0.25, 0.3) is 0 Å². The average Bonchev–Trinajstić information content (AvgIpc) is 2.24. The fraction of sp³-hybridized carbons (Fsp3) is 1.00. The third kappa shape index (κ3) is 4.89. The van der Waals surface area contributed by atoms with E-state index in [0.29, 0.717) is 6.54 Å². The van der Waals surface area contributed by atoms with Crippen LogP contribution >= 0.6 is 0 Å². The van der Waals surface area contributed by atoms with Crippen molar-refractivity contribution in [3.8, 4) is 0 Å². The zero-order valence-corrected chi connectivity index (χ0v) is 11.3. The molecule has 6 nitrogen and oxygen atoms in total. The maximum absolute atomic E-state index is 11.2. The van der Waals surface area contributed by atoms with Crippen LogP contribution in [0, 0.1) is 0 Å². The third-order valence-electron chi connectivity index (χ3n) is 3.24. The lowest BCUT2D eigenvalue weighted by Crippen LogP contribution is -2.60. The molecule has 0 saturated carbocycles. The van der Waals surface area contributed by atoms with Crippen molar-refractivity contribution in [2.75, 3.05) is 32.8 Å². The Balaban J connectivity index is 5.13. The van der Waals surface area contributed by atoms with Gasteiger partial charge in [-0.2, -0.15) is 0 Å². The summed E-state index contributed by atoms with van der Waals surface area (Å²) < 4.78 is 33.4. The molecule has 0 amide bonds. The minimum Gasteiger partial charge on any atom is -0.743 e. The van der Waals surface area contributed by atoms with Gasteiger partial charge in [-0.15, -0.1) is 0 Å². The standard InChI is InChI=1S/C10H23NO5S/c1-3-4-5-11(6-8-12,7-9-13)10(2)17(14,15)16/h10,12-13H,3-9H2,1-2H3. The Morgan fingerprint density at radius 1 is 1.18 bits per heavy atom. The Morgan fingerprint density at radius 3 is 1.94 bits per heavy atom. The molecule has 0 saturated heterocycles. The molecular formula is C10H23NO5S. The van der Waals surface area contributed by atoms with Gasteiger partial charge in [0.05, 0.1) is 19.8 Å². The molecule has 1 atom stereocenters. The first kappa shape index (κ1) is 16.8. The number of hydrogen-bond acceptors (Lipinski definition) is 5. The quantitative estimate of drug-likeness (QED) is 0.433. The van der Waals surface area contributed by atoms with Crippen LogP contribution in [0.2, 0.25) is 0 Å². The van der Waals surface area contributed by atoms with Gasteiger partial charge in [-0.05, 0) is 6.42 Å². The number of rotatable bonds is 9. The van der Waals surface area contributed by atoms with Crippen LogP contribution in [0.5, 0.6) is 0 Å². The molecule has 1 unspecified atom stereocenters. The van der Waals surface area contributed by atoms with Gasteiger partial charge in [-0.25, -0.2) is 8.42 Å². The molecule has 0 fully saturated rings. The summed E-state index contributed by atoms with van der Waals surface area (Å²) in [6.45, 7) is 3.71. The molecule has 0 aliphatic carbocycles. The van der Waals surface area contributed by atoms with Crippen LogP contribution in [0.15, 0.2) is 0 Å². The fourth-order valence-corrected chi connectivity index (χ4v) is 2.89. The van der Waals surface area contributed by atoms with Crippen LogP contribution in [-0.2, 0) is 10.1 Å². The first-order valence-corrected chi connectivity index (χ1v) is 7.33. The monoisotopic (exact) mass is 269 g/mol. The van der Waals surface area contributed by atoms with Crippen molar-refractivity contribution in [1.29, 1.82) is 0 Å². The SMILES string of the molecule is CCCC[N+](CCO)(CCO)C(C)S(=O)(=O)[O-]. The molecule has 0 spiro atoms. The molecule has 0 aromatic heterocycles. The highest BCUT2D eigenvalue weighted by atomic mass is 32.2. The van der Waals surface area contributed by atoms with Crippen LogP contribution in [0.25, 0.3) is 0 Å². The fourth-order valence-electron chi connectivity index (χ4n) is 2.03. The van der Waals surface area contributed by atoms with E-state index < -0.39 is 15.5 Å². The lowest BCUT2D eigenvalue weighted by atomic mass is 10.2. The van der Waals surface area contributed by atoms with Gasteiger partial charge in [0, 0.05) is 6.92 Å². The van der Waals surface area contributed by atoms with E-state index in [4.69, 9.17) is 10.2 Å². The van der Waals surface area contributed by atoms with E-state index in [2.05, 4.69) is 0 Å². The van der Waals surface area contributed by atoms with E-state index in [-0.39, 0.29) is 30.8 Å². The Morgan fingerprint density at radius 2 is 1.65 bits per heavy atom. The minimum absolute atomic E-state index is 0.0628. The summed E-state index contributed by atoms with van der Waals surface area (Å²) in [5.74, 6) is 0. The van der Waals surface area contributed by atoms with Crippen molar-refractivity contribution in [3.05, 3.63) is 0 Å². The smallest absolute Gasteiger partial charge is 0.176 e. The summed E-state index contributed by atoms with van der Waals surface area (Å²) in [5.41, 5.74) is 0. The molecule has 17 heavy (non-hydrogen) atoms. The van der Waals surface area contributed by atoms with Crippen molar-refractivity contribution < 1.29 is 27.7 Å². The maximum atomic E-state index is 11.2. The third-order valence-corrected chi connectivity index (χ3v) is 4.52. The molecule has 104 valence electrons. The Kier molecular flexibility index (Phi) is 7.18. The van der Waals surface area contributed by atoms with E-state index in [0.717, 1.165) is 12.8 Å². The summed E-state index contributed by atoms with van der Waals surface area (Å²) in [7, 11) is -4.44. The van der Waals surface area contributed by atoms with E-state index in [1.54, 1.807) is 0 Å². The number of nitrogens with zero attached hydrogens (tertiary/aromatic N) is 1. The molecule has 0 aromatic carbocycles. The van der Waals surface area contributed by atoms with Crippen LogP contribution in [0.4, 0.5) is 0 Å². The highest BCUT2D eigenvalue weighted by molar-refractivity contribution is 7.86. The Hall–Kier alpha value is -0.210. The van der Waals surface area contributed by atoms with E-state index in [9.17, 15) is 13.0 Å². The second-order valence-electron chi connectivity index (χ2n) is 4.28. The molecule has 0 heterocycles. The average molecular weight is 269 g/mol. The van der Waals surface area contributed by atoms with Crippen LogP contribution in [0.1, 0.15) is 26.7 Å². The highest BCUT2D eigenvalue weighted by Gasteiger charge is 2.36. The second kappa shape index (κ2) is 7.27. The number of aliphatic hydroxyl groups is 2. The molecule has 2 N–H and O–H groups in total. The minimum atomic E-state index is -4.44. The summed E-state index contributed by atoms with van der Waals surface area (Å²) in [6, 6.07) is 0. The lowest BCUT2D eigenvalue weighted by Gasteiger charge is -2.43. The predicted octanol–water partition coefficient (Wildman–Crippen LogP) is -0.521. The molecule has 0 aromatic rings. The predicted molar refractivity (Wildman–Crippen MR) is 63.1 cm³/mol. The largest absolute Gasteiger partial charge is 0.743 e. The molecule has 0 rings (SSSR count). The van der Waals surface area contributed by atoms with Gasteiger partial charge in [0.1, 0.15) is 23.2 Å². The number of hydrogen-bond donors (Lipinski definition) is 2. The lowest BCUT2D eigenvalue weighted by molar-refractivity contribution is -0.937. The van der Waals surface area contributed by atoms with E-state index in [1.165, 1.54) is 6.92 Å². The first-order chi connectivity index (χ1) is 7.84. The van der Waals surface area contributed by atoms with E-state index in [1.807, 2.05) is 6.92 Å². The Labute approximate surface area is 103 Å². The van der Waals surface area contributed by atoms with Gasteiger partial charge < -0.3 is 19.2 Å². The topological polar surface area (TPSA) is 97.7 Å². The molecule has 0 aliphatic heterocycles. The van der Waals surface area contributed by atoms with Crippen LogP contribution < -0.4 is 0 Å². The highest BCUT2D eigenvalue weighted by Crippen LogP contribution is 2.19. The molecule has 0 aliphatic rings. The normalized spacial score (nSPS) is 14.9. The zero-order chi connectivity index (χ0) is 13.5. The second-order valence-corrected chi connectivity index (χ2v) is 5.95.